The summed E-state index contributed by atoms with van der Waals surface area (Å²) >= 11 is 0. The number of hydrogen-bond acceptors (Lipinski definition) is 4. The number of rotatable bonds is 6. The smallest absolute Gasteiger partial charge is 0.221 e. The Balaban J connectivity index is 0.00000288. The van der Waals surface area contributed by atoms with Crippen LogP contribution in [0.25, 0.3) is 0 Å². The molecule has 1 aliphatic heterocycles. The van der Waals surface area contributed by atoms with E-state index in [0.29, 0.717) is 6.54 Å². The summed E-state index contributed by atoms with van der Waals surface area (Å²) in [6.45, 7) is 9.24. The molecule has 5 nitrogen and oxygen atoms in total. The summed E-state index contributed by atoms with van der Waals surface area (Å²) in [7, 11) is 0. The number of piperazine rings is 1. The first kappa shape index (κ1) is 20.7. The van der Waals surface area contributed by atoms with E-state index in [1.54, 1.807) is 0 Å². The van der Waals surface area contributed by atoms with Crippen LogP contribution in [0, 0.1) is 5.82 Å². The van der Waals surface area contributed by atoms with E-state index in [2.05, 4.69) is 22.0 Å². The van der Waals surface area contributed by atoms with Crippen molar-refractivity contribution in [2.45, 2.75) is 26.3 Å². The molecule has 136 valence electrons. The molecule has 0 spiro atoms. The molecule has 24 heavy (non-hydrogen) atoms. The molecule has 0 bridgehead atoms. The van der Waals surface area contributed by atoms with Crippen molar-refractivity contribution in [3.05, 3.63) is 29.6 Å². The number of nitrogens with one attached hydrogen (secondary N) is 1. The minimum absolute atomic E-state index is 0. The van der Waals surface area contributed by atoms with Crippen molar-refractivity contribution in [3.8, 4) is 0 Å². The maximum absolute atomic E-state index is 13.7. The molecule has 2 rings (SSSR count). The van der Waals surface area contributed by atoms with Gasteiger partial charge in [-0.1, -0.05) is 6.92 Å². The number of anilines is 1. The van der Waals surface area contributed by atoms with Crippen LogP contribution in [0.1, 0.15) is 31.9 Å². The molecule has 1 aromatic rings. The predicted molar refractivity (Wildman–Crippen MR) is 98.2 cm³/mol. The van der Waals surface area contributed by atoms with Crippen LogP contribution in [0.15, 0.2) is 18.2 Å². The van der Waals surface area contributed by atoms with Gasteiger partial charge in [0, 0.05) is 50.4 Å². The lowest BCUT2D eigenvalue weighted by Gasteiger charge is -2.37. The van der Waals surface area contributed by atoms with Crippen molar-refractivity contribution >= 4 is 24.0 Å². The van der Waals surface area contributed by atoms with Crippen molar-refractivity contribution in [1.29, 1.82) is 0 Å². The molecule has 1 atom stereocenters. The van der Waals surface area contributed by atoms with Gasteiger partial charge in [0.2, 0.25) is 5.91 Å². The van der Waals surface area contributed by atoms with Gasteiger partial charge in [-0.05, 0) is 31.7 Å². The van der Waals surface area contributed by atoms with Gasteiger partial charge in [0.05, 0.1) is 6.04 Å². The SMILES string of the molecule is CCN1CCN(c2ccc(F)cc2C(C)NC(=O)CCN)CC1.Cl. The van der Waals surface area contributed by atoms with Gasteiger partial charge in [0.25, 0.3) is 0 Å². The minimum atomic E-state index is -0.282. The van der Waals surface area contributed by atoms with Crippen LogP contribution < -0.4 is 16.0 Å². The average Bonchev–Trinajstić information content (AvgIpc) is 2.55. The highest BCUT2D eigenvalue weighted by molar-refractivity contribution is 5.85. The molecule has 1 saturated heterocycles. The third kappa shape index (κ3) is 5.33. The first-order valence-corrected chi connectivity index (χ1v) is 8.31. The van der Waals surface area contributed by atoms with E-state index in [1.165, 1.54) is 12.1 Å². The number of benzene rings is 1. The molecule has 7 heteroatoms. The van der Waals surface area contributed by atoms with Crippen LogP contribution >= 0.6 is 12.4 Å². The maximum atomic E-state index is 13.7. The summed E-state index contributed by atoms with van der Waals surface area (Å²) < 4.78 is 13.7. The molecule has 0 radical (unpaired) electrons. The fraction of sp³-hybridized carbons (Fsp3) is 0.588. The Morgan fingerprint density at radius 3 is 2.58 bits per heavy atom. The molecule has 0 aromatic heterocycles. The lowest BCUT2D eigenvalue weighted by atomic mass is 10.0. The zero-order chi connectivity index (χ0) is 16.8. The molecule has 0 aliphatic carbocycles. The van der Waals surface area contributed by atoms with Crippen molar-refractivity contribution < 1.29 is 9.18 Å². The lowest BCUT2D eigenvalue weighted by molar-refractivity contribution is -0.121. The van der Waals surface area contributed by atoms with E-state index in [4.69, 9.17) is 5.73 Å². The van der Waals surface area contributed by atoms with Crippen LogP contribution in [-0.2, 0) is 4.79 Å². The largest absolute Gasteiger partial charge is 0.369 e. The van der Waals surface area contributed by atoms with E-state index in [1.807, 2.05) is 13.0 Å². The summed E-state index contributed by atoms with van der Waals surface area (Å²) in [5.74, 6) is -0.387. The van der Waals surface area contributed by atoms with Crippen LogP contribution in [0.5, 0.6) is 0 Å². The number of likely N-dealkylation sites (N-methyl/N-ethyl adjacent to an activating group) is 1. The Hall–Kier alpha value is -1.37. The molecular formula is C17H28ClFN4O. The second-order valence-electron chi connectivity index (χ2n) is 5.95. The third-order valence-corrected chi connectivity index (χ3v) is 4.37. The summed E-state index contributed by atoms with van der Waals surface area (Å²) in [5, 5.41) is 2.90. The summed E-state index contributed by atoms with van der Waals surface area (Å²) in [5.41, 5.74) is 7.23. The molecular weight excluding hydrogens is 331 g/mol. The Bertz CT molecular complexity index is 535. The van der Waals surface area contributed by atoms with Crippen molar-refractivity contribution in [2.24, 2.45) is 5.73 Å². The third-order valence-electron chi connectivity index (χ3n) is 4.37. The number of nitrogens with zero attached hydrogens (tertiary/aromatic N) is 2. The Kier molecular flexibility index (Phi) is 8.45. The van der Waals surface area contributed by atoms with Crippen molar-refractivity contribution in [3.63, 3.8) is 0 Å². The normalized spacial score (nSPS) is 16.4. The lowest BCUT2D eigenvalue weighted by Crippen LogP contribution is -2.46. The summed E-state index contributed by atoms with van der Waals surface area (Å²) in [6.07, 6.45) is 0.282. The number of carbonyl (C=O) groups is 1. The quantitative estimate of drug-likeness (QED) is 0.815. The molecule has 1 amide bonds. The van der Waals surface area contributed by atoms with Gasteiger partial charge in [0.1, 0.15) is 5.82 Å². The molecule has 1 aliphatic rings. The number of amides is 1. The van der Waals surface area contributed by atoms with Gasteiger partial charge in [-0.15, -0.1) is 12.4 Å². The predicted octanol–water partition coefficient (Wildman–Crippen LogP) is 1.92. The summed E-state index contributed by atoms with van der Waals surface area (Å²) in [4.78, 5) is 16.4. The van der Waals surface area contributed by atoms with Gasteiger partial charge in [-0.3, -0.25) is 4.79 Å². The molecule has 1 fully saturated rings. The van der Waals surface area contributed by atoms with Gasteiger partial charge < -0.3 is 20.9 Å². The summed E-state index contributed by atoms with van der Waals surface area (Å²) in [6, 6.07) is 4.58. The molecule has 1 heterocycles. The van der Waals surface area contributed by atoms with Crippen LogP contribution in [0.4, 0.5) is 10.1 Å². The standard InChI is InChI=1S/C17H27FN4O.ClH/c1-3-21-8-10-22(11-9-21)16-5-4-14(18)12-15(16)13(2)20-17(23)6-7-19;/h4-5,12-13H,3,6-11,19H2,1-2H3,(H,20,23);1H. The second kappa shape index (κ2) is 9.81. The van der Waals surface area contributed by atoms with E-state index in [0.717, 1.165) is 44.0 Å². The van der Waals surface area contributed by atoms with Crippen LogP contribution in [0.2, 0.25) is 0 Å². The van der Waals surface area contributed by atoms with E-state index < -0.39 is 0 Å². The van der Waals surface area contributed by atoms with Gasteiger partial charge >= 0.3 is 0 Å². The fourth-order valence-electron chi connectivity index (χ4n) is 2.99. The Morgan fingerprint density at radius 1 is 1.33 bits per heavy atom. The molecule has 1 aromatic carbocycles. The Labute approximate surface area is 149 Å². The van der Waals surface area contributed by atoms with Crippen molar-refractivity contribution in [1.82, 2.24) is 10.2 Å². The van der Waals surface area contributed by atoms with Gasteiger partial charge in [-0.25, -0.2) is 4.39 Å². The van der Waals surface area contributed by atoms with Crippen molar-refractivity contribution in [2.75, 3.05) is 44.2 Å². The highest BCUT2D eigenvalue weighted by Crippen LogP contribution is 2.28. The van der Waals surface area contributed by atoms with Gasteiger partial charge in [0.15, 0.2) is 0 Å². The van der Waals surface area contributed by atoms with Crippen LogP contribution in [-0.4, -0.2) is 50.1 Å². The van der Waals surface area contributed by atoms with Crippen LogP contribution in [0.3, 0.4) is 0 Å². The second-order valence-corrected chi connectivity index (χ2v) is 5.95. The van der Waals surface area contributed by atoms with E-state index in [9.17, 15) is 9.18 Å². The monoisotopic (exact) mass is 358 g/mol. The highest BCUT2D eigenvalue weighted by atomic mass is 35.5. The minimum Gasteiger partial charge on any atom is -0.369 e. The van der Waals surface area contributed by atoms with E-state index in [-0.39, 0.29) is 36.6 Å². The number of nitrogens with two attached hydrogens (primary N) is 1. The number of hydrogen-bond donors (Lipinski definition) is 2. The zero-order valence-electron chi connectivity index (χ0n) is 14.4. The Morgan fingerprint density at radius 2 is 2.00 bits per heavy atom. The van der Waals surface area contributed by atoms with E-state index >= 15 is 0 Å². The zero-order valence-corrected chi connectivity index (χ0v) is 15.2. The molecule has 1 unspecified atom stereocenters. The first-order chi connectivity index (χ1) is 11.0. The fourth-order valence-corrected chi connectivity index (χ4v) is 2.99. The topological polar surface area (TPSA) is 61.6 Å². The number of halogens is 2. The molecule has 3 N–H and O–H groups in total. The number of carbonyl (C=O) groups excluding carboxylic acids is 1. The molecule has 0 saturated carbocycles. The highest BCUT2D eigenvalue weighted by Gasteiger charge is 2.21. The average molecular weight is 359 g/mol. The maximum Gasteiger partial charge on any atom is 0.221 e. The van der Waals surface area contributed by atoms with Gasteiger partial charge in [-0.2, -0.15) is 0 Å². The first-order valence-electron chi connectivity index (χ1n) is 8.31.